The first-order valence-corrected chi connectivity index (χ1v) is 17.0. The van der Waals surface area contributed by atoms with Crippen LogP contribution in [-0.2, 0) is 19.1 Å². The van der Waals surface area contributed by atoms with Gasteiger partial charge >= 0.3 is 12.1 Å². The number of methoxy groups -OCH3 is 2. The number of benzene rings is 2. The van der Waals surface area contributed by atoms with Crippen molar-refractivity contribution in [3.05, 3.63) is 72.6 Å². The molecule has 12 nitrogen and oxygen atoms in total. The molecule has 3 heterocycles. The lowest BCUT2D eigenvalue weighted by atomic mass is 9.79. The van der Waals surface area contributed by atoms with Crippen molar-refractivity contribution < 1.29 is 29.0 Å². The van der Waals surface area contributed by atoms with Crippen LogP contribution in [0.25, 0.3) is 33.6 Å². The van der Waals surface area contributed by atoms with Crippen LogP contribution < -0.4 is 5.32 Å². The number of rotatable bonds is 10. The molecule has 0 radical (unpaired) electrons. The molecule has 2 aliphatic carbocycles. The number of hydrogen-bond acceptors (Lipinski definition) is 7. The lowest BCUT2D eigenvalue weighted by Crippen LogP contribution is -2.54. The smallest absolute Gasteiger partial charge is 0.407 e. The SMILES string of the molecule is COC(=O)N[C@H](C(=O)N1CCC[C@H]1c1ncc(-c2ccc(-c3ccc(-c4cnc([C@H]5C6CCC(C6)[C@@H]5C(=O)O)[nH]4)cc3)cc2)[nH]1)C(C)OC. The highest BCUT2D eigenvalue weighted by Gasteiger charge is 2.52. The number of H-pyrrole nitrogens is 2. The molecule has 2 aromatic carbocycles. The molecule has 3 fully saturated rings. The predicted octanol–water partition coefficient (Wildman–Crippen LogP) is 5.77. The number of carbonyl (C=O) groups is 3. The maximum atomic E-state index is 13.6. The second kappa shape index (κ2) is 13.5. The van der Waals surface area contributed by atoms with Gasteiger partial charge in [0.05, 0.1) is 49.0 Å². The molecule has 1 aliphatic heterocycles. The van der Waals surface area contributed by atoms with Crippen molar-refractivity contribution in [2.24, 2.45) is 17.8 Å². The number of imidazole rings is 2. The standard InChI is InChI=1S/C37H42N6O6/c1-20(48-2)32(42-37(47)49-3)35(44)43-16-4-5-29(43)33-38-18-27(40-33)23-10-6-21(7-11-23)22-8-12-24(13-9-22)28-19-39-34(41-28)30-25-14-15-26(17-25)31(30)36(45)46/h6-13,18-20,25-26,29-32H,4-5,14-17H2,1-3H3,(H,38,40)(H,39,41)(H,42,47)(H,45,46)/t20?,25?,26?,29-,30-,31-,32-/m0/s1. The van der Waals surface area contributed by atoms with Crippen molar-refractivity contribution >= 4 is 18.0 Å². The zero-order valence-electron chi connectivity index (χ0n) is 27.9. The molecule has 1 saturated heterocycles. The van der Waals surface area contributed by atoms with E-state index in [-0.39, 0.29) is 29.7 Å². The van der Waals surface area contributed by atoms with Gasteiger partial charge in [-0.2, -0.15) is 0 Å². The fourth-order valence-electron chi connectivity index (χ4n) is 8.23. The van der Waals surface area contributed by atoms with Crippen molar-refractivity contribution in [2.75, 3.05) is 20.8 Å². The molecule has 7 rings (SSSR count). The number of hydrogen-bond donors (Lipinski definition) is 4. The van der Waals surface area contributed by atoms with E-state index in [1.807, 2.05) is 18.3 Å². The molecule has 2 bridgehead atoms. The molecular weight excluding hydrogens is 624 g/mol. The number of nitrogens with one attached hydrogen (secondary N) is 3. The topological polar surface area (TPSA) is 163 Å². The summed E-state index contributed by atoms with van der Waals surface area (Å²) in [6, 6.07) is 15.4. The van der Waals surface area contributed by atoms with Crippen LogP contribution in [0.3, 0.4) is 0 Å². The van der Waals surface area contributed by atoms with E-state index >= 15 is 0 Å². The molecule has 2 aromatic heterocycles. The number of aromatic nitrogens is 4. The van der Waals surface area contributed by atoms with Crippen LogP contribution in [0.15, 0.2) is 60.9 Å². The normalized spacial score (nSPS) is 24.1. The number of amides is 2. The highest BCUT2D eigenvalue weighted by atomic mass is 16.5. The summed E-state index contributed by atoms with van der Waals surface area (Å²) in [7, 11) is 2.76. The summed E-state index contributed by atoms with van der Waals surface area (Å²) in [6.07, 6.45) is 7.02. The maximum absolute atomic E-state index is 13.6. The number of fused-ring (bicyclic) bond motifs is 2. The van der Waals surface area contributed by atoms with E-state index < -0.39 is 24.2 Å². The van der Waals surface area contributed by atoms with Gasteiger partial charge in [-0.25, -0.2) is 14.8 Å². The Labute approximate surface area is 284 Å². The minimum atomic E-state index is -0.885. The molecule has 2 saturated carbocycles. The van der Waals surface area contributed by atoms with E-state index in [0.717, 1.165) is 71.6 Å². The zero-order valence-corrected chi connectivity index (χ0v) is 27.9. The van der Waals surface area contributed by atoms with Crippen LogP contribution in [0.2, 0.25) is 0 Å². The fraction of sp³-hybridized carbons (Fsp3) is 0.432. The van der Waals surface area contributed by atoms with Crippen molar-refractivity contribution in [1.29, 1.82) is 0 Å². The van der Waals surface area contributed by atoms with E-state index in [9.17, 15) is 19.5 Å². The lowest BCUT2D eigenvalue weighted by Gasteiger charge is -2.30. The van der Waals surface area contributed by atoms with Crippen LogP contribution in [0.4, 0.5) is 4.79 Å². The highest BCUT2D eigenvalue weighted by Crippen LogP contribution is 2.56. The number of ether oxygens (including phenoxy) is 2. The summed E-state index contributed by atoms with van der Waals surface area (Å²) >= 11 is 0. The van der Waals surface area contributed by atoms with Crippen molar-refractivity contribution in [3.8, 4) is 33.6 Å². The number of carboxylic acids is 1. The predicted molar refractivity (Wildman–Crippen MR) is 181 cm³/mol. The van der Waals surface area contributed by atoms with Crippen LogP contribution >= 0.6 is 0 Å². The Morgan fingerprint density at radius 2 is 1.43 bits per heavy atom. The molecule has 49 heavy (non-hydrogen) atoms. The first-order chi connectivity index (χ1) is 23.7. The monoisotopic (exact) mass is 666 g/mol. The molecule has 0 spiro atoms. The lowest BCUT2D eigenvalue weighted by molar-refractivity contribution is -0.144. The van der Waals surface area contributed by atoms with Crippen LogP contribution in [-0.4, -0.2) is 80.8 Å². The molecule has 4 N–H and O–H groups in total. The summed E-state index contributed by atoms with van der Waals surface area (Å²) in [5.41, 5.74) is 5.85. The second-order valence-corrected chi connectivity index (χ2v) is 13.5. The average molecular weight is 667 g/mol. The second-order valence-electron chi connectivity index (χ2n) is 13.5. The molecule has 4 aromatic rings. The summed E-state index contributed by atoms with van der Waals surface area (Å²) in [5.74, 6) is 0.812. The molecule has 7 atom stereocenters. The number of aromatic amines is 2. The minimum absolute atomic E-state index is 0.0410. The highest BCUT2D eigenvalue weighted by molar-refractivity contribution is 5.87. The van der Waals surface area contributed by atoms with Crippen molar-refractivity contribution in [1.82, 2.24) is 30.2 Å². The Morgan fingerprint density at radius 1 is 0.857 bits per heavy atom. The molecule has 2 amide bonds. The third-order valence-corrected chi connectivity index (χ3v) is 10.9. The first kappa shape index (κ1) is 32.6. The van der Waals surface area contributed by atoms with Gasteiger partial charge in [-0.05, 0) is 73.1 Å². The number of carboxylic acid groups (broad SMARTS) is 1. The molecule has 3 unspecified atom stereocenters. The van der Waals surface area contributed by atoms with E-state index in [2.05, 4.69) is 61.7 Å². The van der Waals surface area contributed by atoms with E-state index in [1.165, 1.54) is 14.2 Å². The molecule has 256 valence electrons. The number of alkyl carbamates (subject to hydrolysis) is 1. The van der Waals surface area contributed by atoms with Gasteiger partial charge in [-0.1, -0.05) is 48.5 Å². The maximum Gasteiger partial charge on any atom is 0.407 e. The third kappa shape index (κ3) is 6.21. The largest absolute Gasteiger partial charge is 0.481 e. The average Bonchev–Trinajstić information content (AvgIpc) is 3.98. The van der Waals surface area contributed by atoms with Gasteiger partial charge in [0.15, 0.2) is 0 Å². The Morgan fingerprint density at radius 3 is 2.02 bits per heavy atom. The minimum Gasteiger partial charge on any atom is -0.481 e. The van der Waals surface area contributed by atoms with Gasteiger partial charge in [0.1, 0.15) is 17.7 Å². The van der Waals surface area contributed by atoms with Crippen molar-refractivity contribution in [3.63, 3.8) is 0 Å². The van der Waals surface area contributed by atoms with E-state index in [4.69, 9.17) is 9.47 Å². The third-order valence-electron chi connectivity index (χ3n) is 10.9. The van der Waals surface area contributed by atoms with Crippen LogP contribution in [0.1, 0.15) is 62.6 Å². The van der Waals surface area contributed by atoms with Gasteiger partial charge in [0.2, 0.25) is 5.91 Å². The molecular formula is C37H42N6O6. The Balaban J connectivity index is 1.02. The number of carbonyl (C=O) groups excluding carboxylic acids is 2. The van der Waals surface area contributed by atoms with Gasteiger partial charge in [-0.15, -0.1) is 0 Å². The zero-order chi connectivity index (χ0) is 34.2. The number of likely N-dealkylation sites (tertiary alicyclic amines) is 1. The van der Waals surface area contributed by atoms with Gasteiger partial charge in [0, 0.05) is 19.6 Å². The summed E-state index contributed by atoms with van der Waals surface area (Å²) in [5, 5.41) is 12.5. The summed E-state index contributed by atoms with van der Waals surface area (Å²) in [6.45, 7) is 2.29. The van der Waals surface area contributed by atoms with Gasteiger partial charge in [0.25, 0.3) is 0 Å². The Bertz CT molecular complexity index is 1820. The fourth-order valence-corrected chi connectivity index (χ4v) is 8.23. The van der Waals surface area contributed by atoms with Gasteiger partial charge < -0.3 is 34.8 Å². The Hall–Kier alpha value is -4.97. The Kier molecular flexibility index (Phi) is 8.98. The van der Waals surface area contributed by atoms with Gasteiger partial charge in [-0.3, -0.25) is 9.59 Å². The summed E-state index contributed by atoms with van der Waals surface area (Å²) < 4.78 is 10.1. The quantitative estimate of drug-likeness (QED) is 0.166. The van der Waals surface area contributed by atoms with Crippen LogP contribution in [0.5, 0.6) is 0 Å². The van der Waals surface area contributed by atoms with Crippen molar-refractivity contribution in [2.45, 2.75) is 63.1 Å². The first-order valence-electron chi connectivity index (χ1n) is 17.0. The molecule has 3 aliphatic rings. The van der Waals surface area contributed by atoms with Crippen LogP contribution in [0, 0.1) is 17.8 Å². The number of aliphatic carboxylic acids is 1. The number of nitrogens with zero attached hydrogens (tertiary/aromatic N) is 3. The van der Waals surface area contributed by atoms with E-state index in [0.29, 0.717) is 18.3 Å². The summed E-state index contributed by atoms with van der Waals surface area (Å²) in [4.78, 5) is 55.4. The molecule has 12 heteroatoms. The van der Waals surface area contributed by atoms with E-state index in [1.54, 1.807) is 18.0 Å².